The monoisotopic (exact) mass is 488 g/mol. The number of carbonyl (C=O) groups excluding carboxylic acids is 1. The van der Waals surface area contributed by atoms with E-state index in [2.05, 4.69) is 36.6 Å². The first-order valence-corrected chi connectivity index (χ1v) is 11.0. The lowest BCUT2D eigenvalue weighted by Gasteiger charge is -2.22. The van der Waals surface area contributed by atoms with Crippen LogP contribution in [0.15, 0.2) is 35.1 Å². The summed E-state index contributed by atoms with van der Waals surface area (Å²) in [6.45, 7) is 2.21. The first-order chi connectivity index (χ1) is 14.9. The van der Waals surface area contributed by atoms with Crippen molar-refractivity contribution in [3.8, 4) is 11.4 Å². The van der Waals surface area contributed by atoms with Gasteiger partial charge < -0.3 is 20.5 Å². The quantitative estimate of drug-likeness (QED) is 0.468. The summed E-state index contributed by atoms with van der Waals surface area (Å²) in [5, 5.41) is 20.4. The molecule has 0 spiro atoms. The normalized spacial score (nSPS) is 20.7. The van der Waals surface area contributed by atoms with Gasteiger partial charge in [0, 0.05) is 24.7 Å². The van der Waals surface area contributed by atoms with Crippen LogP contribution in [0.25, 0.3) is 16.7 Å². The highest BCUT2D eigenvalue weighted by Crippen LogP contribution is 2.39. The molecule has 4 rings (SSSR count). The van der Waals surface area contributed by atoms with Gasteiger partial charge in [-0.2, -0.15) is 10.1 Å². The fourth-order valence-corrected chi connectivity index (χ4v) is 4.46. The summed E-state index contributed by atoms with van der Waals surface area (Å²) in [4.78, 5) is 21.3. The molecular weight excluding hydrogens is 464 g/mol. The van der Waals surface area contributed by atoms with Crippen LogP contribution in [0.4, 0.5) is 5.95 Å². The number of halogens is 1. The Hall–Kier alpha value is -2.72. The molecule has 0 aliphatic heterocycles. The Morgan fingerprint density at radius 2 is 2.16 bits per heavy atom. The number of aliphatic hydroxyl groups is 1. The van der Waals surface area contributed by atoms with E-state index in [0.29, 0.717) is 21.9 Å². The number of ether oxygens (including phenoxy) is 1. The fourth-order valence-electron chi connectivity index (χ4n) is 4.02. The van der Waals surface area contributed by atoms with Gasteiger partial charge in [0.25, 0.3) is 0 Å². The van der Waals surface area contributed by atoms with Crippen molar-refractivity contribution in [2.75, 3.05) is 25.6 Å². The lowest BCUT2D eigenvalue weighted by atomic mass is 9.87. The van der Waals surface area contributed by atoms with Gasteiger partial charge >= 0.3 is 0 Å². The summed E-state index contributed by atoms with van der Waals surface area (Å²) >= 11 is 3.49. The zero-order chi connectivity index (χ0) is 22.0. The SMILES string of the molecule is CNC(=O)[C@@]1(C)CC[C@@H](Nc2ncc3c(Br)nn(-c4ccc(OCCO)cc4)c3n2)C1. The van der Waals surface area contributed by atoms with Gasteiger partial charge in [0.15, 0.2) is 5.65 Å². The lowest BCUT2D eigenvalue weighted by molar-refractivity contribution is -0.129. The maximum atomic E-state index is 12.2. The summed E-state index contributed by atoms with van der Waals surface area (Å²) in [6, 6.07) is 7.54. The van der Waals surface area contributed by atoms with E-state index in [1.165, 1.54) is 0 Å². The summed E-state index contributed by atoms with van der Waals surface area (Å²) in [6.07, 6.45) is 4.17. The van der Waals surface area contributed by atoms with E-state index in [0.717, 1.165) is 30.3 Å². The molecular formula is C21H25BrN6O3. The van der Waals surface area contributed by atoms with Crippen LogP contribution in [0.3, 0.4) is 0 Å². The number of rotatable bonds is 7. The second-order valence-electron chi connectivity index (χ2n) is 7.92. The van der Waals surface area contributed by atoms with Gasteiger partial charge in [-0.15, -0.1) is 0 Å². The minimum Gasteiger partial charge on any atom is -0.491 e. The van der Waals surface area contributed by atoms with Crippen molar-refractivity contribution < 1.29 is 14.6 Å². The molecule has 0 unspecified atom stereocenters. The molecule has 3 N–H and O–H groups in total. The largest absolute Gasteiger partial charge is 0.491 e. The van der Waals surface area contributed by atoms with Crippen molar-refractivity contribution in [1.29, 1.82) is 0 Å². The summed E-state index contributed by atoms with van der Waals surface area (Å²) < 4.78 is 7.82. The predicted molar refractivity (Wildman–Crippen MR) is 120 cm³/mol. The molecule has 2 atom stereocenters. The van der Waals surface area contributed by atoms with Crippen LogP contribution in [-0.2, 0) is 4.79 Å². The Balaban J connectivity index is 1.57. The zero-order valence-electron chi connectivity index (χ0n) is 17.4. The third-order valence-electron chi connectivity index (χ3n) is 5.67. The highest BCUT2D eigenvalue weighted by molar-refractivity contribution is 9.10. The third-order valence-corrected chi connectivity index (χ3v) is 6.26. The van der Waals surface area contributed by atoms with Crippen LogP contribution in [-0.4, -0.2) is 57.1 Å². The smallest absolute Gasteiger partial charge is 0.225 e. The second-order valence-corrected chi connectivity index (χ2v) is 8.67. The molecule has 1 amide bonds. The number of nitrogens with zero attached hydrogens (tertiary/aromatic N) is 4. The molecule has 0 saturated heterocycles. The molecule has 2 heterocycles. The van der Waals surface area contributed by atoms with E-state index < -0.39 is 0 Å². The molecule has 1 aromatic carbocycles. The number of amides is 1. The van der Waals surface area contributed by atoms with Gasteiger partial charge in [0.2, 0.25) is 11.9 Å². The van der Waals surface area contributed by atoms with Gasteiger partial charge in [-0.1, -0.05) is 6.92 Å². The molecule has 1 aliphatic rings. The first kappa shape index (κ1) is 21.5. The summed E-state index contributed by atoms with van der Waals surface area (Å²) in [5.74, 6) is 1.25. The minimum absolute atomic E-state index is 0.0333. The maximum Gasteiger partial charge on any atom is 0.225 e. The molecule has 9 nitrogen and oxygen atoms in total. The molecule has 164 valence electrons. The first-order valence-electron chi connectivity index (χ1n) is 10.2. The average Bonchev–Trinajstić information content (AvgIpc) is 3.32. The van der Waals surface area contributed by atoms with E-state index in [1.54, 1.807) is 17.9 Å². The van der Waals surface area contributed by atoms with Crippen molar-refractivity contribution in [3.63, 3.8) is 0 Å². The number of aliphatic hydroxyl groups excluding tert-OH is 1. The van der Waals surface area contributed by atoms with Crippen LogP contribution in [0.1, 0.15) is 26.2 Å². The van der Waals surface area contributed by atoms with Crippen LogP contribution < -0.4 is 15.4 Å². The topological polar surface area (TPSA) is 114 Å². The number of fused-ring (bicyclic) bond motifs is 1. The Bertz CT molecular complexity index is 1090. The van der Waals surface area contributed by atoms with Crippen LogP contribution in [0.5, 0.6) is 5.75 Å². The van der Waals surface area contributed by atoms with E-state index in [4.69, 9.17) is 14.8 Å². The Morgan fingerprint density at radius 1 is 1.39 bits per heavy atom. The molecule has 1 saturated carbocycles. The van der Waals surface area contributed by atoms with Crippen LogP contribution in [0.2, 0.25) is 0 Å². The van der Waals surface area contributed by atoms with Crippen molar-refractivity contribution in [2.24, 2.45) is 5.41 Å². The van der Waals surface area contributed by atoms with E-state index >= 15 is 0 Å². The van der Waals surface area contributed by atoms with Gasteiger partial charge in [0.1, 0.15) is 17.0 Å². The van der Waals surface area contributed by atoms with Crippen molar-refractivity contribution in [1.82, 2.24) is 25.1 Å². The van der Waals surface area contributed by atoms with E-state index in [9.17, 15) is 4.79 Å². The van der Waals surface area contributed by atoms with Crippen molar-refractivity contribution in [3.05, 3.63) is 35.1 Å². The number of aromatic nitrogens is 4. The minimum atomic E-state index is -0.374. The van der Waals surface area contributed by atoms with E-state index in [1.807, 2.05) is 31.2 Å². The average molecular weight is 489 g/mol. The number of nitrogens with one attached hydrogen (secondary N) is 2. The molecule has 1 aliphatic carbocycles. The van der Waals surface area contributed by atoms with Gasteiger partial charge in [0.05, 0.1) is 17.7 Å². The summed E-state index contributed by atoms with van der Waals surface area (Å²) in [7, 11) is 1.68. The molecule has 3 aromatic rings. The Kier molecular flexibility index (Phi) is 6.10. The predicted octanol–water partition coefficient (Wildman–Crippen LogP) is 2.67. The van der Waals surface area contributed by atoms with Crippen LogP contribution >= 0.6 is 15.9 Å². The molecule has 10 heteroatoms. The molecule has 0 radical (unpaired) electrons. The standard InChI is InChI=1S/C21H25BrN6O3/c1-21(19(30)23-2)8-7-13(11-21)25-20-24-12-16-17(22)27-28(18(16)26-20)14-3-5-15(6-4-14)31-10-9-29/h3-6,12-13,29H,7-11H2,1-2H3,(H,23,30)(H,24,25,26)/t13-,21+/m1/s1. The van der Waals surface area contributed by atoms with Crippen molar-refractivity contribution in [2.45, 2.75) is 32.2 Å². The number of benzene rings is 1. The van der Waals surface area contributed by atoms with E-state index in [-0.39, 0.29) is 30.6 Å². The number of hydrogen-bond donors (Lipinski definition) is 3. The molecule has 2 aromatic heterocycles. The fraction of sp³-hybridized carbons (Fsp3) is 0.429. The Morgan fingerprint density at radius 3 is 2.87 bits per heavy atom. The molecule has 1 fully saturated rings. The van der Waals surface area contributed by atoms with Gasteiger partial charge in [-0.25, -0.2) is 9.67 Å². The van der Waals surface area contributed by atoms with Crippen LogP contribution in [0, 0.1) is 5.41 Å². The second kappa shape index (κ2) is 8.80. The van der Waals surface area contributed by atoms with Gasteiger partial charge in [-0.3, -0.25) is 4.79 Å². The number of carbonyl (C=O) groups is 1. The molecule has 31 heavy (non-hydrogen) atoms. The van der Waals surface area contributed by atoms with Crippen molar-refractivity contribution >= 4 is 38.8 Å². The maximum absolute atomic E-state index is 12.2. The van der Waals surface area contributed by atoms with Gasteiger partial charge in [-0.05, 0) is 59.5 Å². The number of hydrogen-bond acceptors (Lipinski definition) is 7. The lowest BCUT2D eigenvalue weighted by Crippen LogP contribution is -2.35. The zero-order valence-corrected chi connectivity index (χ0v) is 19.0. The third kappa shape index (κ3) is 4.35. The number of anilines is 1. The Labute approximate surface area is 188 Å². The summed E-state index contributed by atoms with van der Waals surface area (Å²) in [5.41, 5.74) is 1.12. The highest BCUT2D eigenvalue weighted by Gasteiger charge is 2.40. The molecule has 0 bridgehead atoms. The highest BCUT2D eigenvalue weighted by atomic mass is 79.9.